The van der Waals surface area contributed by atoms with Gasteiger partial charge in [0.05, 0.1) is 22.4 Å². The van der Waals surface area contributed by atoms with Crippen LogP contribution in [0.2, 0.25) is 0 Å². The number of fused-ring (bicyclic) bond motifs is 2. The van der Waals surface area contributed by atoms with Crippen LogP contribution >= 0.6 is 0 Å². The standard InChI is InChI=1S/C76H72N4/c1-72(2,3)57-37-39-77-68(44-57)52-29-25-49(26-30-52)60-19-13-16-22-63(60)54-41-55(64-23-17-14-20-61(64)50-27-31-53(32-28-50)69-45-58(38-40-78-69)73(4,5)6)43-56(42-54)65-24-18-15-21-62(65)51-33-35-59(36-34-51)80-48-79-70-46-66-67(47-71(70)80)75(9,10)76(11,12)74(66,7)8/h13-48H,1-12H3. The van der Waals surface area contributed by atoms with Gasteiger partial charge in [-0.25, -0.2) is 4.98 Å². The Balaban J connectivity index is 0.962. The maximum Gasteiger partial charge on any atom is 0.100 e. The molecule has 0 saturated heterocycles. The molecule has 3 heterocycles. The SMILES string of the molecule is CC(C)(C)c1ccnc(-c2ccc(-c3ccccc3-c3cc(-c4ccccc4-c4ccc(-c5cc(C(C)(C)C)ccn5)cc4)cc(-c4ccccc4-c4ccc(-n5cnc6cc7c(cc65)C(C)(C)C(C)(C)C7(C)C)cc4)c3)cc2)c1. The van der Waals surface area contributed by atoms with Gasteiger partial charge in [-0.1, -0.05) is 217 Å². The van der Waals surface area contributed by atoms with Crippen LogP contribution in [0, 0.1) is 5.41 Å². The van der Waals surface area contributed by atoms with Crippen molar-refractivity contribution in [2.24, 2.45) is 5.41 Å². The molecule has 3 aromatic heterocycles. The molecule has 0 atom stereocenters. The second-order valence-electron chi connectivity index (χ2n) is 25.9. The van der Waals surface area contributed by atoms with E-state index in [4.69, 9.17) is 15.0 Å². The van der Waals surface area contributed by atoms with Crippen molar-refractivity contribution >= 4 is 11.0 Å². The monoisotopic (exact) mass is 1040 g/mol. The van der Waals surface area contributed by atoms with Crippen LogP contribution < -0.4 is 0 Å². The fraction of sp³-hybridized carbons (Fsp3) is 0.224. The normalized spacial score (nSPS) is 14.6. The van der Waals surface area contributed by atoms with Crippen molar-refractivity contribution in [3.05, 3.63) is 241 Å². The van der Waals surface area contributed by atoms with E-state index >= 15 is 0 Å². The summed E-state index contributed by atoms with van der Waals surface area (Å²) in [4.78, 5) is 14.6. The predicted molar refractivity (Wildman–Crippen MR) is 337 cm³/mol. The smallest absolute Gasteiger partial charge is 0.100 e. The number of hydrogen-bond donors (Lipinski definition) is 0. The van der Waals surface area contributed by atoms with Crippen molar-refractivity contribution in [1.29, 1.82) is 0 Å². The second kappa shape index (κ2) is 19.4. The number of aromatic nitrogens is 4. The van der Waals surface area contributed by atoms with Gasteiger partial charge in [0.15, 0.2) is 0 Å². The molecular formula is C76H72N4. The minimum absolute atomic E-state index is 0.00383. The van der Waals surface area contributed by atoms with Crippen molar-refractivity contribution in [2.75, 3.05) is 0 Å². The van der Waals surface area contributed by atoms with E-state index in [9.17, 15) is 0 Å². The molecule has 0 amide bonds. The molecule has 1 aliphatic carbocycles. The van der Waals surface area contributed by atoms with Gasteiger partial charge < -0.3 is 0 Å². The van der Waals surface area contributed by atoms with E-state index in [1.165, 1.54) is 50.1 Å². The number of pyridine rings is 2. The highest BCUT2D eigenvalue weighted by molar-refractivity contribution is 5.94. The van der Waals surface area contributed by atoms with Crippen LogP contribution in [0.3, 0.4) is 0 Å². The van der Waals surface area contributed by atoms with E-state index in [0.717, 1.165) is 78.2 Å². The van der Waals surface area contributed by atoms with Crippen molar-refractivity contribution in [2.45, 2.75) is 105 Å². The average molecular weight is 1040 g/mol. The Labute approximate surface area is 474 Å². The van der Waals surface area contributed by atoms with Crippen LogP contribution in [0.5, 0.6) is 0 Å². The molecule has 0 radical (unpaired) electrons. The highest BCUT2D eigenvalue weighted by Gasteiger charge is 2.57. The molecule has 0 unspecified atom stereocenters. The molecule has 1 aliphatic rings. The summed E-state index contributed by atoms with van der Waals surface area (Å²) < 4.78 is 2.26. The molecule has 0 fully saturated rings. The first kappa shape index (κ1) is 52.2. The third kappa shape index (κ3) is 9.09. The van der Waals surface area contributed by atoms with E-state index in [0.29, 0.717) is 0 Å². The lowest BCUT2D eigenvalue weighted by Crippen LogP contribution is -2.42. The third-order valence-electron chi connectivity index (χ3n) is 18.5. The van der Waals surface area contributed by atoms with Crippen molar-refractivity contribution < 1.29 is 0 Å². The zero-order valence-electron chi connectivity index (χ0n) is 48.6. The molecule has 0 aliphatic heterocycles. The van der Waals surface area contributed by atoms with Crippen LogP contribution in [0.15, 0.2) is 219 Å². The number of rotatable bonds is 9. The fourth-order valence-electron chi connectivity index (χ4n) is 12.4. The maximum atomic E-state index is 5.00. The van der Waals surface area contributed by atoms with Gasteiger partial charge in [0.2, 0.25) is 0 Å². The van der Waals surface area contributed by atoms with E-state index in [1.54, 1.807) is 0 Å². The Morgan fingerprint density at radius 3 is 1.05 bits per heavy atom. The lowest BCUT2D eigenvalue weighted by atomic mass is 9.59. The van der Waals surface area contributed by atoms with Crippen LogP contribution in [-0.4, -0.2) is 19.5 Å². The van der Waals surface area contributed by atoms with Crippen molar-refractivity contribution in [3.8, 4) is 95.0 Å². The third-order valence-corrected chi connectivity index (χ3v) is 18.5. The van der Waals surface area contributed by atoms with Crippen molar-refractivity contribution in [1.82, 2.24) is 19.5 Å². The molecule has 4 nitrogen and oxygen atoms in total. The Hall–Kier alpha value is -8.47. The number of benzene rings is 8. The van der Waals surface area contributed by atoms with Gasteiger partial charge in [-0.15, -0.1) is 0 Å². The van der Waals surface area contributed by atoms with Gasteiger partial charge >= 0.3 is 0 Å². The number of nitrogens with zero attached hydrogens (tertiary/aromatic N) is 4. The molecule has 8 aromatic carbocycles. The Morgan fingerprint density at radius 2 is 0.675 bits per heavy atom. The van der Waals surface area contributed by atoms with Crippen LogP contribution in [0.4, 0.5) is 0 Å². The summed E-state index contributed by atoms with van der Waals surface area (Å²) in [5, 5.41) is 0. The first-order chi connectivity index (χ1) is 38.2. The molecule has 11 aromatic rings. The summed E-state index contributed by atoms with van der Waals surface area (Å²) >= 11 is 0. The molecule has 0 N–H and O–H groups in total. The van der Waals surface area contributed by atoms with E-state index in [2.05, 4.69) is 288 Å². The van der Waals surface area contributed by atoms with Gasteiger partial charge in [-0.3, -0.25) is 14.5 Å². The van der Waals surface area contributed by atoms with Gasteiger partial charge in [0.25, 0.3) is 0 Å². The van der Waals surface area contributed by atoms with Crippen LogP contribution in [-0.2, 0) is 21.7 Å². The Bertz CT molecular complexity index is 3970. The predicted octanol–water partition coefficient (Wildman–Crippen LogP) is 20.3. The van der Waals surface area contributed by atoms with Gasteiger partial charge in [0.1, 0.15) is 6.33 Å². The van der Waals surface area contributed by atoms with Gasteiger partial charge in [-0.05, 0) is 183 Å². The summed E-state index contributed by atoms with van der Waals surface area (Å²) in [7, 11) is 0. The van der Waals surface area contributed by atoms with Gasteiger partial charge in [-0.2, -0.15) is 0 Å². The molecular weight excluding hydrogens is 969 g/mol. The molecule has 0 bridgehead atoms. The van der Waals surface area contributed by atoms with Gasteiger partial charge in [0, 0.05) is 29.2 Å². The lowest BCUT2D eigenvalue weighted by molar-refractivity contribution is 0.125. The quantitative estimate of drug-likeness (QED) is 0.145. The summed E-state index contributed by atoms with van der Waals surface area (Å²) in [6.07, 6.45) is 5.86. The maximum absolute atomic E-state index is 5.00. The zero-order chi connectivity index (χ0) is 55.9. The van der Waals surface area contributed by atoms with E-state index in [-0.39, 0.29) is 27.1 Å². The first-order valence-corrected chi connectivity index (χ1v) is 28.4. The molecule has 396 valence electrons. The topological polar surface area (TPSA) is 43.6 Å². The second-order valence-corrected chi connectivity index (χ2v) is 25.9. The van der Waals surface area contributed by atoms with E-state index < -0.39 is 0 Å². The summed E-state index contributed by atoms with van der Waals surface area (Å²) in [5.74, 6) is 0. The van der Waals surface area contributed by atoms with Crippen LogP contribution in [0.1, 0.15) is 105 Å². The molecule has 4 heteroatoms. The molecule has 0 saturated carbocycles. The highest BCUT2D eigenvalue weighted by Crippen LogP contribution is 2.62. The van der Waals surface area contributed by atoms with E-state index in [1.807, 2.05) is 18.7 Å². The fourth-order valence-corrected chi connectivity index (χ4v) is 12.4. The molecule has 0 spiro atoms. The first-order valence-electron chi connectivity index (χ1n) is 28.4. The minimum atomic E-state index is -0.00383. The Kier molecular flexibility index (Phi) is 12.7. The zero-order valence-corrected chi connectivity index (χ0v) is 48.6. The highest BCUT2D eigenvalue weighted by atomic mass is 15.0. The lowest BCUT2D eigenvalue weighted by Gasteiger charge is -2.44. The average Bonchev–Trinajstić information content (AvgIpc) is 4.03. The Morgan fingerprint density at radius 1 is 0.338 bits per heavy atom. The number of hydrogen-bond acceptors (Lipinski definition) is 3. The molecule has 80 heavy (non-hydrogen) atoms. The summed E-state index contributed by atoms with van der Waals surface area (Å²) in [5.41, 5.74) is 26.8. The van der Waals surface area contributed by atoms with Crippen molar-refractivity contribution in [3.63, 3.8) is 0 Å². The number of imidazole rings is 1. The molecule has 12 rings (SSSR count). The summed E-state index contributed by atoms with van der Waals surface area (Å²) in [6, 6.07) is 74.1. The largest absolute Gasteiger partial charge is 0.299 e. The van der Waals surface area contributed by atoms with Crippen LogP contribution in [0.25, 0.3) is 106 Å². The summed E-state index contributed by atoms with van der Waals surface area (Å²) in [6.45, 7) is 27.9. The minimum Gasteiger partial charge on any atom is -0.299 e.